The number of nitrogens with zero attached hydrogens (tertiary/aromatic N) is 1. The Morgan fingerprint density at radius 3 is 2.13 bits per heavy atom. The van der Waals surface area contributed by atoms with Gasteiger partial charge >= 0.3 is 6.18 Å². The molecular formula is C26H26Cl2F3N3O4S. The van der Waals surface area contributed by atoms with E-state index in [0.29, 0.717) is 34.9 Å². The molecule has 1 aliphatic heterocycles. The summed E-state index contributed by atoms with van der Waals surface area (Å²) in [6.07, 6.45) is -4.86. The maximum absolute atomic E-state index is 13.6. The summed E-state index contributed by atoms with van der Waals surface area (Å²) >= 11 is 13.4. The van der Waals surface area contributed by atoms with Crippen molar-refractivity contribution in [3.8, 4) is 11.5 Å². The Labute approximate surface area is 237 Å². The fourth-order valence-corrected chi connectivity index (χ4v) is 5.68. The molecule has 3 N–H and O–H groups in total. The van der Waals surface area contributed by atoms with Crippen LogP contribution in [0.5, 0.6) is 11.5 Å². The number of hydrogen-bond donors (Lipinski definition) is 2. The van der Waals surface area contributed by atoms with E-state index in [4.69, 9.17) is 38.4 Å². The van der Waals surface area contributed by atoms with Crippen molar-refractivity contribution in [2.24, 2.45) is 5.73 Å². The number of carbonyl (C=O) groups is 1. The van der Waals surface area contributed by atoms with Crippen LogP contribution < -0.4 is 20.8 Å². The topological polar surface area (TPSA) is 97.7 Å². The molecule has 0 spiro atoms. The van der Waals surface area contributed by atoms with Crippen LogP contribution in [0, 0.1) is 0 Å². The minimum atomic E-state index is -4.86. The fourth-order valence-electron chi connectivity index (χ4n) is 3.93. The molecule has 3 aromatic rings. The largest absolute Gasteiger partial charge is 0.493 e. The van der Waals surface area contributed by atoms with E-state index in [9.17, 15) is 22.8 Å². The quantitative estimate of drug-likeness (QED) is 0.333. The van der Waals surface area contributed by atoms with E-state index < -0.39 is 28.9 Å². The van der Waals surface area contributed by atoms with Crippen molar-refractivity contribution in [2.75, 3.05) is 14.2 Å². The Bertz CT molecular complexity index is 1410. The summed E-state index contributed by atoms with van der Waals surface area (Å²) in [7, 11) is 2.95. The Hall–Kier alpha value is -2.86. The highest BCUT2D eigenvalue weighted by Crippen LogP contribution is 2.43. The number of nitrogens with two attached hydrogens (primary N) is 1. The highest BCUT2D eigenvalue weighted by Gasteiger charge is 2.36. The maximum atomic E-state index is 13.6. The summed E-state index contributed by atoms with van der Waals surface area (Å²) in [6.45, 7) is 4.28. The third-order valence-corrected chi connectivity index (χ3v) is 7.93. The van der Waals surface area contributed by atoms with Crippen molar-refractivity contribution < 1.29 is 27.4 Å². The Balaban J connectivity index is 0.00000205. The van der Waals surface area contributed by atoms with E-state index in [1.54, 1.807) is 23.2 Å². The van der Waals surface area contributed by atoms with Gasteiger partial charge in [-0.3, -0.25) is 9.59 Å². The molecule has 2 heterocycles. The minimum Gasteiger partial charge on any atom is -0.493 e. The van der Waals surface area contributed by atoms with Gasteiger partial charge in [0.2, 0.25) is 0 Å². The lowest BCUT2D eigenvalue weighted by molar-refractivity contribution is -0.141. The Morgan fingerprint density at radius 1 is 1.08 bits per heavy atom. The van der Waals surface area contributed by atoms with E-state index in [1.807, 2.05) is 13.8 Å². The first-order valence-electron chi connectivity index (χ1n) is 11.7. The van der Waals surface area contributed by atoms with Gasteiger partial charge in [-0.25, -0.2) is 0 Å². The molecule has 1 aliphatic rings. The van der Waals surface area contributed by atoms with Gasteiger partial charge in [-0.15, -0.1) is 0 Å². The second-order valence-corrected chi connectivity index (χ2v) is 9.88. The van der Waals surface area contributed by atoms with Gasteiger partial charge in [0.15, 0.2) is 11.5 Å². The maximum Gasteiger partial charge on any atom is 0.431 e. The van der Waals surface area contributed by atoms with E-state index in [1.165, 1.54) is 25.2 Å². The van der Waals surface area contributed by atoms with Crippen molar-refractivity contribution in [3.05, 3.63) is 78.7 Å². The van der Waals surface area contributed by atoms with Crippen molar-refractivity contribution in [3.63, 3.8) is 0 Å². The first-order valence-corrected chi connectivity index (χ1v) is 13.3. The highest BCUT2D eigenvalue weighted by atomic mass is 35.5. The van der Waals surface area contributed by atoms with Gasteiger partial charge in [0.1, 0.15) is 11.3 Å². The molecule has 1 amide bonds. The number of hydrogen-bond acceptors (Lipinski definition) is 6. The van der Waals surface area contributed by atoms with E-state index in [0.717, 1.165) is 11.1 Å². The predicted molar refractivity (Wildman–Crippen MR) is 145 cm³/mol. The Kier molecular flexibility index (Phi) is 9.87. The number of H-pyrrole nitrogens is 1. The van der Waals surface area contributed by atoms with Gasteiger partial charge in [-0.2, -0.15) is 13.2 Å². The van der Waals surface area contributed by atoms with Gasteiger partial charge in [0, 0.05) is 29.4 Å². The van der Waals surface area contributed by atoms with Crippen LogP contribution in [-0.4, -0.2) is 30.0 Å². The normalized spacial score (nSPS) is 12.5. The number of pyridine rings is 1. The third-order valence-electron chi connectivity index (χ3n) is 5.79. The second kappa shape index (κ2) is 12.5. The molecule has 4 rings (SSSR count). The summed E-state index contributed by atoms with van der Waals surface area (Å²) in [4.78, 5) is 29.6. The molecule has 0 fully saturated rings. The number of rotatable bonds is 6. The molecule has 210 valence electrons. The number of alkyl halides is 3. The molecular weight excluding hydrogens is 578 g/mol. The van der Waals surface area contributed by atoms with Crippen LogP contribution >= 0.6 is 35.0 Å². The molecule has 0 unspecified atom stereocenters. The van der Waals surface area contributed by atoms with E-state index in [2.05, 4.69) is 0 Å². The second-order valence-electron chi connectivity index (χ2n) is 8.04. The third kappa shape index (κ3) is 6.32. The molecule has 1 aromatic heterocycles. The number of aromatic nitrogens is 1. The van der Waals surface area contributed by atoms with Gasteiger partial charge in [-0.1, -0.05) is 54.9 Å². The van der Waals surface area contributed by atoms with Crippen LogP contribution in [-0.2, 0) is 25.8 Å². The van der Waals surface area contributed by atoms with Gasteiger partial charge in [0.05, 0.1) is 24.3 Å². The lowest BCUT2D eigenvalue weighted by Gasteiger charge is -2.19. The van der Waals surface area contributed by atoms with Crippen molar-refractivity contribution >= 4 is 40.9 Å². The summed E-state index contributed by atoms with van der Waals surface area (Å²) in [5, 5.41) is 0.257. The first-order chi connectivity index (χ1) is 18.5. The molecule has 39 heavy (non-hydrogen) atoms. The lowest BCUT2D eigenvalue weighted by Crippen LogP contribution is -2.32. The number of benzene rings is 2. The summed E-state index contributed by atoms with van der Waals surface area (Å²) in [6, 6.07) is 7.22. The number of aromatic amines is 1. The van der Waals surface area contributed by atoms with Crippen molar-refractivity contribution in [1.29, 1.82) is 0 Å². The zero-order valence-corrected chi connectivity index (χ0v) is 23.8. The number of carbonyl (C=O) groups excluding carboxylic acids is 1. The molecule has 0 saturated heterocycles. The fraction of sp³-hybridized carbons (Fsp3) is 0.308. The van der Waals surface area contributed by atoms with Gasteiger partial charge in [-0.05, 0) is 41.0 Å². The monoisotopic (exact) mass is 603 g/mol. The molecule has 0 atom stereocenters. The van der Waals surface area contributed by atoms with Gasteiger partial charge < -0.3 is 25.1 Å². The number of ether oxygens (including phenoxy) is 2. The molecule has 0 bridgehead atoms. The standard InChI is InChI=1S/C24H20Cl2F3N3O4S.C2H6/c1-35-15-5-12-9-32(10-13(12)6-16(15)36-2)23(34)19-17(7-18(24(27,28)29)31-22(19)33)37-21-14(25)4-3-11(8-30)20(21)26;1-2/h3-7H,8-10,30H2,1-2H3,(H,31,33);1-2H3. The van der Waals surface area contributed by atoms with E-state index >= 15 is 0 Å². The molecule has 7 nitrogen and oxygen atoms in total. The smallest absolute Gasteiger partial charge is 0.431 e. The zero-order valence-electron chi connectivity index (χ0n) is 21.5. The van der Waals surface area contributed by atoms with Crippen LogP contribution in [0.3, 0.4) is 0 Å². The SMILES string of the molecule is CC.COc1cc2c(cc1OC)CN(C(=O)c1c(Sc3c(Cl)ccc(CN)c3Cl)cc(C(F)(F)F)[nH]c1=O)C2. The molecule has 0 radical (unpaired) electrons. The summed E-state index contributed by atoms with van der Waals surface area (Å²) in [5.74, 6) is 0.167. The van der Waals surface area contributed by atoms with Gasteiger partial charge in [0.25, 0.3) is 11.5 Å². The molecule has 13 heteroatoms. The highest BCUT2D eigenvalue weighted by molar-refractivity contribution is 7.99. The first kappa shape index (κ1) is 30.7. The molecule has 0 aliphatic carbocycles. The van der Waals surface area contributed by atoms with E-state index in [-0.39, 0.29) is 39.5 Å². The number of methoxy groups -OCH3 is 2. The minimum absolute atomic E-state index is 0.0531. The lowest BCUT2D eigenvalue weighted by atomic mass is 10.1. The summed E-state index contributed by atoms with van der Waals surface area (Å²) in [5.41, 5.74) is 4.75. The van der Waals surface area contributed by atoms with Crippen molar-refractivity contribution in [2.45, 2.75) is 49.4 Å². The number of fused-ring (bicyclic) bond motifs is 1. The van der Waals surface area contributed by atoms with Crippen LogP contribution in [0.2, 0.25) is 10.0 Å². The Morgan fingerprint density at radius 2 is 1.64 bits per heavy atom. The average Bonchev–Trinajstić information content (AvgIpc) is 3.33. The van der Waals surface area contributed by atoms with Crippen LogP contribution in [0.1, 0.15) is 46.6 Å². The summed E-state index contributed by atoms with van der Waals surface area (Å²) < 4.78 is 51.3. The number of halogens is 5. The van der Waals surface area contributed by atoms with Crippen molar-refractivity contribution in [1.82, 2.24) is 9.88 Å². The predicted octanol–water partition coefficient (Wildman–Crippen LogP) is 6.51. The molecule has 0 saturated carbocycles. The van der Waals surface area contributed by atoms with Crippen LogP contribution in [0.4, 0.5) is 13.2 Å². The van der Waals surface area contributed by atoms with Crippen LogP contribution in [0.25, 0.3) is 0 Å². The molecule has 2 aromatic carbocycles. The zero-order chi connectivity index (χ0) is 29.1. The van der Waals surface area contributed by atoms with Crippen LogP contribution in [0.15, 0.2) is 44.9 Å². The number of amides is 1. The average molecular weight is 604 g/mol. The number of nitrogens with one attached hydrogen (secondary N) is 1.